The number of nitrogens with zero attached hydrogens (tertiary/aromatic N) is 1. The Morgan fingerprint density at radius 3 is 2.50 bits per heavy atom. The SMILES string of the molecule is COc1ccc(CNc2ccc(C(=O)Nc3ccccc3Cl)nc2)cc1OC. The maximum atomic E-state index is 12.3. The van der Waals surface area contributed by atoms with Gasteiger partial charge in [-0.15, -0.1) is 0 Å². The van der Waals surface area contributed by atoms with Crippen LogP contribution in [0.25, 0.3) is 0 Å². The van der Waals surface area contributed by atoms with Crippen molar-refractivity contribution in [1.29, 1.82) is 0 Å². The molecule has 0 saturated heterocycles. The fourth-order valence-electron chi connectivity index (χ4n) is 2.58. The zero-order valence-corrected chi connectivity index (χ0v) is 16.3. The number of halogens is 1. The highest BCUT2D eigenvalue weighted by molar-refractivity contribution is 6.33. The Labute approximate surface area is 168 Å². The molecule has 3 rings (SSSR count). The van der Waals surface area contributed by atoms with Crippen LogP contribution in [0.5, 0.6) is 11.5 Å². The first-order valence-corrected chi connectivity index (χ1v) is 8.95. The smallest absolute Gasteiger partial charge is 0.274 e. The summed E-state index contributed by atoms with van der Waals surface area (Å²) in [7, 11) is 3.20. The van der Waals surface area contributed by atoms with Crippen molar-refractivity contribution >= 4 is 28.9 Å². The summed E-state index contributed by atoms with van der Waals surface area (Å²) in [4.78, 5) is 16.5. The molecular weight excluding hydrogens is 378 g/mol. The highest BCUT2D eigenvalue weighted by Crippen LogP contribution is 2.28. The molecule has 144 valence electrons. The Hall–Kier alpha value is -3.25. The quantitative estimate of drug-likeness (QED) is 0.608. The molecule has 1 aromatic heterocycles. The van der Waals surface area contributed by atoms with Gasteiger partial charge in [0.15, 0.2) is 11.5 Å². The zero-order valence-electron chi connectivity index (χ0n) is 15.5. The topological polar surface area (TPSA) is 72.5 Å². The van der Waals surface area contributed by atoms with E-state index in [-0.39, 0.29) is 5.91 Å². The van der Waals surface area contributed by atoms with E-state index in [0.717, 1.165) is 11.3 Å². The van der Waals surface area contributed by atoms with Crippen LogP contribution in [-0.4, -0.2) is 25.1 Å². The summed E-state index contributed by atoms with van der Waals surface area (Å²) < 4.78 is 10.5. The van der Waals surface area contributed by atoms with Crippen LogP contribution in [0.1, 0.15) is 16.1 Å². The minimum atomic E-state index is -0.320. The molecule has 1 heterocycles. The number of rotatable bonds is 7. The van der Waals surface area contributed by atoms with Crippen molar-refractivity contribution in [3.05, 3.63) is 77.1 Å². The van der Waals surface area contributed by atoms with Gasteiger partial charge in [0.1, 0.15) is 5.69 Å². The Kier molecular flexibility index (Phi) is 6.34. The highest BCUT2D eigenvalue weighted by atomic mass is 35.5. The molecule has 2 aromatic carbocycles. The summed E-state index contributed by atoms with van der Waals surface area (Å²) in [6, 6.07) is 16.2. The molecule has 0 atom stereocenters. The van der Waals surface area contributed by atoms with Gasteiger partial charge in [-0.2, -0.15) is 0 Å². The molecule has 0 saturated carbocycles. The molecule has 0 aliphatic carbocycles. The molecule has 0 aliphatic heterocycles. The lowest BCUT2D eigenvalue weighted by molar-refractivity contribution is 0.102. The Morgan fingerprint density at radius 1 is 1.04 bits per heavy atom. The van der Waals surface area contributed by atoms with Crippen molar-refractivity contribution in [2.75, 3.05) is 24.9 Å². The van der Waals surface area contributed by atoms with E-state index < -0.39 is 0 Å². The molecule has 0 fully saturated rings. The number of nitrogens with one attached hydrogen (secondary N) is 2. The lowest BCUT2D eigenvalue weighted by atomic mass is 10.2. The molecule has 7 heteroatoms. The van der Waals surface area contributed by atoms with Gasteiger partial charge < -0.3 is 20.1 Å². The molecule has 0 bridgehead atoms. The van der Waals surface area contributed by atoms with Gasteiger partial charge in [0.25, 0.3) is 5.91 Å². The Bertz CT molecular complexity index is 961. The number of aromatic nitrogens is 1. The second-order valence-corrected chi connectivity index (χ2v) is 6.32. The zero-order chi connectivity index (χ0) is 19.9. The predicted molar refractivity (Wildman–Crippen MR) is 111 cm³/mol. The monoisotopic (exact) mass is 397 g/mol. The van der Waals surface area contributed by atoms with Gasteiger partial charge in [-0.25, -0.2) is 4.98 Å². The summed E-state index contributed by atoms with van der Waals surface area (Å²) >= 11 is 6.06. The number of carbonyl (C=O) groups excluding carboxylic acids is 1. The van der Waals surface area contributed by atoms with Crippen molar-refractivity contribution in [3.63, 3.8) is 0 Å². The van der Waals surface area contributed by atoms with E-state index in [1.807, 2.05) is 18.2 Å². The average Bonchev–Trinajstić information content (AvgIpc) is 2.74. The van der Waals surface area contributed by atoms with Crippen molar-refractivity contribution < 1.29 is 14.3 Å². The number of ether oxygens (including phenoxy) is 2. The predicted octanol–water partition coefficient (Wildman–Crippen LogP) is 4.62. The third-order valence-corrected chi connectivity index (χ3v) is 4.39. The van der Waals surface area contributed by atoms with Gasteiger partial charge in [0, 0.05) is 6.54 Å². The van der Waals surface area contributed by atoms with E-state index in [4.69, 9.17) is 21.1 Å². The Morgan fingerprint density at radius 2 is 1.82 bits per heavy atom. The normalized spacial score (nSPS) is 10.2. The minimum absolute atomic E-state index is 0.302. The van der Waals surface area contributed by atoms with Crippen LogP contribution in [0.15, 0.2) is 60.8 Å². The summed E-state index contributed by atoms with van der Waals surface area (Å²) in [6.07, 6.45) is 1.61. The fraction of sp³-hybridized carbons (Fsp3) is 0.143. The van der Waals surface area contributed by atoms with Gasteiger partial charge in [-0.05, 0) is 42.0 Å². The van der Waals surface area contributed by atoms with Crippen molar-refractivity contribution in [2.45, 2.75) is 6.54 Å². The maximum Gasteiger partial charge on any atom is 0.274 e. The van der Waals surface area contributed by atoms with Crippen LogP contribution in [0.2, 0.25) is 5.02 Å². The lowest BCUT2D eigenvalue weighted by Crippen LogP contribution is -2.14. The molecule has 0 unspecified atom stereocenters. The molecule has 1 amide bonds. The van der Waals surface area contributed by atoms with E-state index >= 15 is 0 Å². The van der Waals surface area contributed by atoms with E-state index in [1.165, 1.54) is 0 Å². The first-order chi connectivity index (χ1) is 13.6. The van der Waals surface area contributed by atoms with Gasteiger partial charge in [-0.1, -0.05) is 29.8 Å². The summed E-state index contributed by atoms with van der Waals surface area (Å²) in [5.74, 6) is 1.04. The first-order valence-electron chi connectivity index (χ1n) is 8.57. The van der Waals surface area contributed by atoms with Crippen LogP contribution >= 0.6 is 11.6 Å². The Balaban J connectivity index is 1.61. The number of hydrogen-bond acceptors (Lipinski definition) is 5. The number of anilines is 2. The molecule has 28 heavy (non-hydrogen) atoms. The summed E-state index contributed by atoms with van der Waals surface area (Å²) in [5.41, 5.74) is 2.67. The molecule has 2 N–H and O–H groups in total. The van der Waals surface area contributed by atoms with Crippen LogP contribution < -0.4 is 20.1 Å². The number of pyridine rings is 1. The van der Waals surface area contributed by atoms with Crippen LogP contribution in [0.3, 0.4) is 0 Å². The number of amides is 1. The molecule has 3 aromatic rings. The second kappa shape index (κ2) is 9.10. The van der Waals surface area contributed by atoms with Crippen molar-refractivity contribution in [1.82, 2.24) is 4.98 Å². The third-order valence-electron chi connectivity index (χ3n) is 4.06. The number of hydrogen-bond donors (Lipinski definition) is 2. The van der Waals surface area contributed by atoms with Crippen molar-refractivity contribution in [2.24, 2.45) is 0 Å². The first kappa shape index (κ1) is 19.5. The third kappa shape index (κ3) is 4.72. The maximum absolute atomic E-state index is 12.3. The molecule has 0 spiro atoms. The van der Waals surface area contributed by atoms with E-state index in [2.05, 4.69) is 15.6 Å². The number of para-hydroxylation sites is 1. The standard InChI is InChI=1S/C21H20ClN3O3/c1-27-19-10-7-14(11-20(19)28-2)12-23-15-8-9-18(24-13-15)21(26)25-17-6-4-3-5-16(17)22/h3-11,13,23H,12H2,1-2H3,(H,25,26). The van der Waals surface area contributed by atoms with Crippen LogP contribution in [0.4, 0.5) is 11.4 Å². The van der Waals surface area contributed by atoms with Gasteiger partial charge in [0.05, 0.1) is 36.8 Å². The van der Waals surface area contributed by atoms with Gasteiger partial charge >= 0.3 is 0 Å². The van der Waals surface area contributed by atoms with Gasteiger partial charge in [-0.3, -0.25) is 4.79 Å². The van der Waals surface area contributed by atoms with Gasteiger partial charge in [0.2, 0.25) is 0 Å². The molecule has 0 radical (unpaired) electrons. The van der Waals surface area contributed by atoms with E-state index in [1.54, 1.807) is 56.8 Å². The second-order valence-electron chi connectivity index (χ2n) is 5.91. The molecule has 0 aliphatic rings. The number of methoxy groups -OCH3 is 2. The molecular formula is C21H20ClN3O3. The highest BCUT2D eigenvalue weighted by Gasteiger charge is 2.10. The van der Waals surface area contributed by atoms with Crippen LogP contribution in [0, 0.1) is 0 Å². The number of carbonyl (C=O) groups is 1. The molecule has 6 nitrogen and oxygen atoms in total. The minimum Gasteiger partial charge on any atom is -0.493 e. The van der Waals surface area contributed by atoms with E-state index in [0.29, 0.717) is 34.4 Å². The van der Waals surface area contributed by atoms with Crippen LogP contribution in [-0.2, 0) is 6.54 Å². The average molecular weight is 398 g/mol. The lowest BCUT2D eigenvalue weighted by Gasteiger charge is -2.11. The van der Waals surface area contributed by atoms with Crippen molar-refractivity contribution in [3.8, 4) is 11.5 Å². The van der Waals surface area contributed by atoms with E-state index in [9.17, 15) is 4.79 Å². The fourth-order valence-corrected chi connectivity index (χ4v) is 2.76. The largest absolute Gasteiger partial charge is 0.493 e. The number of benzene rings is 2. The summed E-state index contributed by atoms with van der Waals surface area (Å²) in [5, 5.41) is 6.49. The summed E-state index contributed by atoms with van der Waals surface area (Å²) in [6.45, 7) is 0.577.